The number of methoxy groups -OCH3 is 1. The van der Waals surface area contributed by atoms with Crippen molar-refractivity contribution in [1.82, 2.24) is 0 Å². The van der Waals surface area contributed by atoms with Gasteiger partial charge in [0.15, 0.2) is 0 Å². The first-order valence-corrected chi connectivity index (χ1v) is 8.62. The van der Waals surface area contributed by atoms with E-state index >= 15 is 0 Å². The molecule has 0 heterocycles. The molecule has 0 aromatic heterocycles. The SMILES string of the molecule is CCCCCCCCCCC(=O)Nc1cc(C)ccc1OC. The molecule has 3 nitrogen and oxygen atoms in total. The van der Waals surface area contributed by atoms with E-state index in [0.29, 0.717) is 6.42 Å². The van der Waals surface area contributed by atoms with Crippen LogP contribution in [0.5, 0.6) is 5.75 Å². The summed E-state index contributed by atoms with van der Waals surface area (Å²) in [6.45, 7) is 4.25. The van der Waals surface area contributed by atoms with Gasteiger partial charge < -0.3 is 10.1 Å². The Morgan fingerprint density at radius 1 is 1.05 bits per heavy atom. The molecule has 0 radical (unpaired) electrons. The van der Waals surface area contributed by atoms with Gasteiger partial charge in [-0.25, -0.2) is 0 Å². The molecule has 1 N–H and O–H groups in total. The number of amides is 1. The van der Waals surface area contributed by atoms with Gasteiger partial charge in [0.1, 0.15) is 5.75 Å². The van der Waals surface area contributed by atoms with Crippen molar-refractivity contribution < 1.29 is 9.53 Å². The number of rotatable bonds is 11. The van der Waals surface area contributed by atoms with Crippen LogP contribution in [-0.4, -0.2) is 13.0 Å². The number of anilines is 1. The molecule has 0 unspecified atom stereocenters. The minimum absolute atomic E-state index is 0.0786. The summed E-state index contributed by atoms with van der Waals surface area (Å²) in [7, 11) is 1.62. The van der Waals surface area contributed by atoms with Crippen LogP contribution in [-0.2, 0) is 4.79 Å². The van der Waals surface area contributed by atoms with Gasteiger partial charge in [0.2, 0.25) is 5.91 Å². The molecule has 1 amide bonds. The molecule has 1 rings (SSSR count). The van der Waals surface area contributed by atoms with Crippen LogP contribution in [0.25, 0.3) is 0 Å². The van der Waals surface area contributed by atoms with Crippen LogP contribution < -0.4 is 10.1 Å². The third-order valence-electron chi connectivity index (χ3n) is 3.89. The minimum atomic E-state index is 0.0786. The van der Waals surface area contributed by atoms with Crippen LogP contribution in [0.1, 0.15) is 70.3 Å². The first kappa shape index (κ1) is 18.5. The van der Waals surface area contributed by atoms with Crippen molar-refractivity contribution in [2.75, 3.05) is 12.4 Å². The van der Waals surface area contributed by atoms with E-state index in [1.807, 2.05) is 25.1 Å². The summed E-state index contributed by atoms with van der Waals surface area (Å²) in [6.07, 6.45) is 10.6. The highest BCUT2D eigenvalue weighted by atomic mass is 16.5. The Morgan fingerprint density at radius 3 is 2.32 bits per heavy atom. The lowest BCUT2D eigenvalue weighted by Crippen LogP contribution is -2.12. The Bertz CT molecular complexity index is 443. The first-order chi connectivity index (χ1) is 10.7. The predicted molar refractivity (Wildman–Crippen MR) is 93.6 cm³/mol. The molecule has 0 bridgehead atoms. The van der Waals surface area contributed by atoms with Gasteiger partial charge in [-0.05, 0) is 31.0 Å². The smallest absolute Gasteiger partial charge is 0.224 e. The van der Waals surface area contributed by atoms with Crippen molar-refractivity contribution >= 4 is 11.6 Å². The van der Waals surface area contributed by atoms with Gasteiger partial charge >= 0.3 is 0 Å². The zero-order chi connectivity index (χ0) is 16.2. The number of carbonyl (C=O) groups excluding carboxylic acids is 1. The van der Waals surface area contributed by atoms with E-state index in [0.717, 1.165) is 29.8 Å². The summed E-state index contributed by atoms with van der Waals surface area (Å²) in [6, 6.07) is 5.82. The molecule has 0 saturated carbocycles. The summed E-state index contributed by atoms with van der Waals surface area (Å²) in [4.78, 5) is 12.0. The van der Waals surface area contributed by atoms with Crippen LogP contribution in [0.2, 0.25) is 0 Å². The third kappa shape index (κ3) is 7.48. The summed E-state index contributed by atoms with van der Waals surface area (Å²) >= 11 is 0. The number of aryl methyl sites for hydroxylation is 1. The summed E-state index contributed by atoms with van der Waals surface area (Å²) in [5.74, 6) is 0.796. The highest BCUT2D eigenvalue weighted by Gasteiger charge is 2.07. The van der Waals surface area contributed by atoms with E-state index in [1.165, 1.54) is 38.5 Å². The maximum absolute atomic E-state index is 12.0. The van der Waals surface area contributed by atoms with E-state index in [2.05, 4.69) is 12.2 Å². The lowest BCUT2D eigenvalue weighted by atomic mass is 10.1. The van der Waals surface area contributed by atoms with E-state index in [1.54, 1.807) is 7.11 Å². The molecule has 3 heteroatoms. The second kappa shape index (κ2) is 11.1. The van der Waals surface area contributed by atoms with E-state index in [9.17, 15) is 4.79 Å². The van der Waals surface area contributed by atoms with Crippen molar-refractivity contribution in [1.29, 1.82) is 0 Å². The van der Waals surface area contributed by atoms with Gasteiger partial charge in [-0.1, -0.05) is 57.9 Å². The zero-order valence-electron chi connectivity index (χ0n) is 14.4. The van der Waals surface area contributed by atoms with Gasteiger partial charge in [0.25, 0.3) is 0 Å². The first-order valence-electron chi connectivity index (χ1n) is 8.62. The highest BCUT2D eigenvalue weighted by Crippen LogP contribution is 2.25. The molecule has 1 aromatic carbocycles. The Morgan fingerprint density at radius 2 is 1.68 bits per heavy atom. The molecule has 0 spiro atoms. The summed E-state index contributed by atoms with van der Waals surface area (Å²) in [5, 5.41) is 2.96. The maximum atomic E-state index is 12.0. The molecule has 0 fully saturated rings. The van der Waals surface area contributed by atoms with Gasteiger partial charge in [-0.3, -0.25) is 4.79 Å². The van der Waals surface area contributed by atoms with Gasteiger partial charge in [-0.15, -0.1) is 0 Å². The fraction of sp³-hybridized carbons (Fsp3) is 0.632. The number of nitrogens with one attached hydrogen (secondary N) is 1. The fourth-order valence-electron chi connectivity index (χ4n) is 2.55. The Hall–Kier alpha value is -1.51. The standard InChI is InChI=1S/C19H31NO2/c1-4-5-6-7-8-9-10-11-12-19(21)20-17-15-16(2)13-14-18(17)22-3/h13-15H,4-12H2,1-3H3,(H,20,21). The molecule has 22 heavy (non-hydrogen) atoms. The average Bonchev–Trinajstić information content (AvgIpc) is 2.50. The normalized spacial score (nSPS) is 10.5. The Labute approximate surface area is 135 Å². The fourth-order valence-corrected chi connectivity index (χ4v) is 2.55. The predicted octanol–water partition coefficient (Wildman–Crippen LogP) is 5.47. The van der Waals surface area contributed by atoms with Crippen molar-refractivity contribution in [3.05, 3.63) is 23.8 Å². The lowest BCUT2D eigenvalue weighted by Gasteiger charge is -2.11. The third-order valence-corrected chi connectivity index (χ3v) is 3.89. The molecule has 0 atom stereocenters. The number of benzene rings is 1. The van der Waals surface area contributed by atoms with Crippen molar-refractivity contribution in [2.24, 2.45) is 0 Å². The molecule has 0 aliphatic heterocycles. The quantitative estimate of drug-likeness (QED) is 0.550. The number of unbranched alkanes of at least 4 members (excludes halogenated alkanes) is 7. The number of hydrogen-bond donors (Lipinski definition) is 1. The number of carbonyl (C=O) groups is 1. The van der Waals surface area contributed by atoms with Crippen molar-refractivity contribution in [3.63, 3.8) is 0 Å². The zero-order valence-corrected chi connectivity index (χ0v) is 14.4. The van der Waals surface area contributed by atoms with Gasteiger partial charge in [0.05, 0.1) is 12.8 Å². The molecule has 0 aliphatic rings. The van der Waals surface area contributed by atoms with Crippen LogP contribution in [0.15, 0.2) is 18.2 Å². The lowest BCUT2D eigenvalue weighted by molar-refractivity contribution is -0.116. The Balaban J connectivity index is 2.20. The molecule has 0 aliphatic carbocycles. The Kier molecular flexibility index (Phi) is 9.36. The second-order valence-electron chi connectivity index (χ2n) is 5.98. The topological polar surface area (TPSA) is 38.3 Å². The second-order valence-corrected chi connectivity index (χ2v) is 5.98. The van der Waals surface area contributed by atoms with Crippen molar-refractivity contribution in [3.8, 4) is 5.75 Å². The van der Waals surface area contributed by atoms with Crippen LogP contribution in [0.3, 0.4) is 0 Å². The van der Waals surface area contributed by atoms with E-state index in [4.69, 9.17) is 4.74 Å². The summed E-state index contributed by atoms with van der Waals surface area (Å²) < 4.78 is 5.28. The van der Waals surface area contributed by atoms with Crippen LogP contribution >= 0.6 is 0 Å². The van der Waals surface area contributed by atoms with Gasteiger partial charge in [-0.2, -0.15) is 0 Å². The maximum Gasteiger partial charge on any atom is 0.224 e. The van der Waals surface area contributed by atoms with E-state index in [-0.39, 0.29) is 5.91 Å². The number of hydrogen-bond acceptors (Lipinski definition) is 2. The molecule has 0 saturated heterocycles. The molecule has 1 aromatic rings. The largest absolute Gasteiger partial charge is 0.495 e. The summed E-state index contributed by atoms with van der Waals surface area (Å²) in [5.41, 5.74) is 1.88. The number of ether oxygens (including phenoxy) is 1. The molecular formula is C19H31NO2. The highest BCUT2D eigenvalue weighted by molar-refractivity contribution is 5.92. The van der Waals surface area contributed by atoms with E-state index < -0.39 is 0 Å². The van der Waals surface area contributed by atoms with Crippen LogP contribution in [0, 0.1) is 6.92 Å². The van der Waals surface area contributed by atoms with Crippen molar-refractivity contribution in [2.45, 2.75) is 71.6 Å². The monoisotopic (exact) mass is 305 g/mol. The van der Waals surface area contributed by atoms with Crippen LogP contribution in [0.4, 0.5) is 5.69 Å². The molecule has 124 valence electrons. The average molecular weight is 305 g/mol. The minimum Gasteiger partial charge on any atom is -0.495 e. The van der Waals surface area contributed by atoms with Gasteiger partial charge in [0, 0.05) is 6.42 Å². The molecular weight excluding hydrogens is 274 g/mol.